The number of carbonyl (C=O) groups excluding carboxylic acids is 3. The van der Waals surface area contributed by atoms with Crippen LogP contribution < -0.4 is 10.1 Å². The lowest BCUT2D eigenvalue weighted by molar-refractivity contribution is -0.153. The number of carbonyl (C=O) groups is 3. The molecule has 7 nitrogen and oxygen atoms in total. The molecule has 2 aromatic rings. The van der Waals surface area contributed by atoms with E-state index in [1.807, 2.05) is 37.3 Å². The van der Waals surface area contributed by atoms with Gasteiger partial charge in [-0.05, 0) is 36.1 Å². The molecule has 2 rings (SSSR count). The van der Waals surface area contributed by atoms with Crippen molar-refractivity contribution in [3.63, 3.8) is 0 Å². The third-order valence-electron chi connectivity index (χ3n) is 4.54. The van der Waals surface area contributed by atoms with Gasteiger partial charge in [0.1, 0.15) is 5.75 Å². The van der Waals surface area contributed by atoms with E-state index in [9.17, 15) is 14.4 Å². The number of nitrogens with one attached hydrogen (secondary N) is 1. The molecule has 2 amide bonds. The number of rotatable bonds is 8. The second-order valence-electron chi connectivity index (χ2n) is 8.36. The highest BCUT2D eigenvalue weighted by Crippen LogP contribution is 2.30. The molecule has 0 saturated heterocycles. The van der Waals surface area contributed by atoms with E-state index >= 15 is 0 Å². The summed E-state index contributed by atoms with van der Waals surface area (Å²) in [5.41, 5.74) is 2.56. The Hall–Kier alpha value is -3.35. The number of esters is 1. The van der Waals surface area contributed by atoms with Crippen LogP contribution in [0.15, 0.2) is 48.5 Å². The van der Waals surface area contributed by atoms with Gasteiger partial charge in [0.25, 0.3) is 5.91 Å². The Morgan fingerprint density at radius 2 is 1.61 bits per heavy atom. The van der Waals surface area contributed by atoms with Crippen molar-refractivity contribution in [3.05, 3.63) is 59.7 Å². The number of benzene rings is 2. The van der Waals surface area contributed by atoms with E-state index in [1.165, 1.54) is 11.9 Å². The van der Waals surface area contributed by atoms with Crippen molar-refractivity contribution in [2.45, 2.75) is 33.1 Å². The van der Waals surface area contributed by atoms with Gasteiger partial charge in [0.15, 0.2) is 13.2 Å². The van der Waals surface area contributed by atoms with Crippen LogP contribution >= 0.6 is 0 Å². The zero-order chi connectivity index (χ0) is 23.0. The quantitative estimate of drug-likeness (QED) is 0.655. The van der Waals surface area contributed by atoms with Gasteiger partial charge in [-0.15, -0.1) is 0 Å². The van der Waals surface area contributed by atoms with Crippen molar-refractivity contribution in [3.8, 4) is 5.75 Å². The number of para-hydroxylation sites is 1. The molecule has 0 spiro atoms. The Balaban J connectivity index is 1.77. The van der Waals surface area contributed by atoms with Crippen molar-refractivity contribution in [1.82, 2.24) is 4.90 Å². The van der Waals surface area contributed by atoms with Gasteiger partial charge in [0.05, 0.1) is 6.54 Å². The van der Waals surface area contributed by atoms with Crippen LogP contribution in [-0.2, 0) is 24.5 Å². The summed E-state index contributed by atoms with van der Waals surface area (Å²) in [4.78, 5) is 37.5. The lowest BCUT2D eigenvalue weighted by Crippen LogP contribution is -2.37. The lowest BCUT2D eigenvalue weighted by atomic mass is 9.86. The van der Waals surface area contributed by atoms with Crippen molar-refractivity contribution < 1.29 is 23.9 Å². The van der Waals surface area contributed by atoms with Crippen LogP contribution in [0.5, 0.6) is 5.75 Å². The van der Waals surface area contributed by atoms with Crippen LogP contribution in [0.2, 0.25) is 0 Å². The largest absolute Gasteiger partial charge is 0.482 e. The second-order valence-corrected chi connectivity index (χ2v) is 8.36. The van der Waals surface area contributed by atoms with Gasteiger partial charge >= 0.3 is 5.97 Å². The minimum absolute atomic E-state index is 0.141. The van der Waals surface area contributed by atoms with Crippen LogP contribution in [0, 0.1) is 6.92 Å². The first kappa shape index (κ1) is 23.9. The van der Waals surface area contributed by atoms with Gasteiger partial charge < -0.3 is 19.7 Å². The zero-order valence-electron chi connectivity index (χ0n) is 18.7. The summed E-state index contributed by atoms with van der Waals surface area (Å²) in [6.07, 6.45) is 0. The lowest BCUT2D eigenvalue weighted by Gasteiger charge is -2.22. The molecule has 0 radical (unpaired) electrons. The van der Waals surface area contributed by atoms with E-state index in [2.05, 4.69) is 26.1 Å². The predicted octanol–water partition coefficient (Wildman–Crippen LogP) is 3.31. The first-order chi connectivity index (χ1) is 14.6. The molecule has 0 saturated carbocycles. The molecular formula is C24H30N2O5. The summed E-state index contributed by atoms with van der Waals surface area (Å²) < 4.78 is 10.6. The number of likely N-dealkylation sites (N-methyl/N-ethyl adjacent to an activating group) is 1. The van der Waals surface area contributed by atoms with E-state index in [-0.39, 0.29) is 24.5 Å². The van der Waals surface area contributed by atoms with Crippen LogP contribution in [0.1, 0.15) is 31.9 Å². The van der Waals surface area contributed by atoms with Crippen molar-refractivity contribution in [2.75, 3.05) is 32.1 Å². The fraction of sp³-hybridized carbons (Fsp3) is 0.375. The van der Waals surface area contributed by atoms with Crippen LogP contribution in [-0.4, -0.2) is 49.5 Å². The monoisotopic (exact) mass is 426 g/mol. The maximum atomic E-state index is 12.2. The standard InChI is InChI=1S/C24H30N2O5/c1-17-10-12-18(13-11-17)25-21(27)14-26(5)22(28)15-31-23(29)16-30-20-9-7-6-8-19(20)24(2,3)4/h6-13H,14-16H2,1-5H3,(H,25,27). The van der Waals surface area contributed by atoms with Crippen LogP contribution in [0.3, 0.4) is 0 Å². The summed E-state index contributed by atoms with van der Waals surface area (Å²) in [7, 11) is 1.47. The van der Waals surface area contributed by atoms with Crippen molar-refractivity contribution in [1.29, 1.82) is 0 Å². The molecule has 0 aromatic heterocycles. The summed E-state index contributed by atoms with van der Waals surface area (Å²) in [6.45, 7) is 7.19. The highest BCUT2D eigenvalue weighted by Gasteiger charge is 2.20. The molecular weight excluding hydrogens is 396 g/mol. The van der Waals surface area contributed by atoms with Crippen LogP contribution in [0.25, 0.3) is 0 Å². The minimum Gasteiger partial charge on any atom is -0.482 e. The highest BCUT2D eigenvalue weighted by atomic mass is 16.6. The Kier molecular flexibility index (Phi) is 8.19. The summed E-state index contributed by atoms with van der Waals surface area (Å²) in [5, 5.41) is 2.72. The molecule has 0 heterocycles. The Morgan fingerprint density at radius 1 is 0.968 bits per heavy atom. The molecule has 0 aliphatic heterocycles. The maximum absolute atomic E-state index is 12.2. The number of hydrogen-bond acceptors (Lipinski definition) is 5. The molecule has 0 aliphatic carbocycles. The van der Waals surface area contributed by atoms with Gasteiger partial charge in [-0.1, -0.05) is 56.7 Å². The maximum Gasteiger partial charge on any atom is 0.344 e. The van der Waals surface area contributed by atoms with E-state index in [0.717, 1.165) is 11.1 Å². The molecule has 166 valence electrons. The van der Waals surface area contributed by atoms with E-state index < -0.39 is 18.5 Å². The number of nitrogens with zero attached hydrogens (tertiary/aromatic N) is 1. The average Bonchev–Trinajstić information content (AvgIpc) is 2.71. The average molecular weight is 427 g/mol. The Bertz CT molecular complexity index is 916. The fourth-order valence-corrected chi connectivity index (χ4v) is 2.78. The molecule has 0 atom stereocenters. The van der Waals surface area contributed by atoms with E-state index in [1.54, 1.807) is 18.2 Å². The van der Waals surface area contributed by atoms with Gasteiger partial charge in [0.2, 0.25) is 5.91 Å². The predicted molar refractivity (Wildman–Crippen MR) is 119 cm³/mol. The van der Waals surface area contributed by atoms with Crippen molar-refractivity contribution >= 4 is 23.5 Å². The molecule has 7 heteroatoms. The van der Waals surface area contributed by atoms with Crippen molar-refractivity contribution in [2.24, 2.45) is 0 Å². The first-order valence-corrected chi connectivity index (χ1v) is 10.0. The number of hydrogen-bond donors (Lipinski definition) is 1. The SMILES string of the molecule is Cc1ccc(NC(=O)CN(C)C(=O)COC(=O)COc2ccccc2C(C)(C)C)cc1. The highest BCUT2D eigenvalue weighted by molar-refractivity contribution is 5.94. The molecule has 1 N–H and O–H groups in total. The first-order valence-electron chi connectivity index (χ1n) is 10.0. The normalized spacial score (nSPS) is 10.9. The third-order valence-corrected chi connectivity index (χ3v) is 4.54. The Labute approximate surface area is 183 Å². The van der Waals surface area contributed by atoms with Gasteiger partial charge in [-0.25, -0.2) is 4.79 Å². The van der Waals surface area contributed by atoms with Gasteiger partial charge in [0, 0.05) is 12.7 Å². The number of aryl methyl sites for hydroxylation is 1. The summed E-state index contributed by atoms with van der Waals surface area (Å²) in [5.74, 6) is -0.881. The molecule has 0 bridgehead atoms. The number of anilines is 1. The zero-order valence-corrected chi connectivity index (χ0v) is 18.7. The molecule has 0 unspecified atom stereocenters. The molecule has 0 aliphatic rings. The van der Waals surface area contributed by atoms with Gasteiger partial charge in [-0.3, -0.25) is 9.59 Å². The summed E-state index contributed by atoms with van der Waals surface area (Å²) >= 11 is 0. The Morgan fingerprint density at radius 3 is 2.26 bits per heavy atom. The number of amides is 2. The minimum atomic E-state index is -0.658. The smallest absolute Gasteiger partial charge is 0.344 e. The van der Waals surface area contributed by atoms with Gasteiger partial charge in [-0.2, -0.15) is 0 Å². The second kappa shape index (κ2) is 10.6. The topological polar surface area (TPSA) is 84.9 Å². The third kappa shape index (κ3) is 7.77. The molecule has 2 aromatic carbocycles. The molecule has 31 heavy (non-hydrogen) atoms. The van der Waals surface area contributed by atoms with Crippen LogP contribution in [0.4, 0.5) is 5.69 Å². The summed E-state index contributed by atoms with van der Waals surface area (Å²) in [6, 6.07) is 14.8. The molecule has 0 fully saturated rings. The number of ether oxygens (including phenoxy) is 2. The fourth-order valence-electron chi connectivity index (χ4n) is 2.78. The van der Waals surface area contributed by atoms with E-state index in [4.69, 9.17) is 9.47 Å². The van der Waals surface area contributed by atoms with E-state index in [0.29, 0.717) is 11.4 Å².